The number of aromatic nitrogens is 3. The summed E-state index contributed by atoms with van der Waals surface area (Å²) < 4.78 is 2.96. The Balaban J connectivity index is 2.47. The normalized spacial score (nSPS) is 10.3. The Labute approximate surface area is 84.5 Å². The van der Waals surface area contributed by atoms with Crippen molar-refractivity contribution in [3.63, 3.8) is 0 Å². The molecule has 1 aromatic carbocycles. The van der Waals surface area contributed by atoms with E-state index < -0.39 is 0 Å². The number of aromatic amines is 1. The molecule has 1 N–H and O–H groups in total. The van der Waals surface area contributed by atoms with Crippen LogP contribution in [0, 0.1) is 0 Å². The summed E-state index contributed by atoms with van der Waals surface area (Å²) in [5.41, 5.74) is 2.23. The van der Waals surface area contributed by atoms with Crippen LogP contribution in [0.3, 0.4) is 0 Å². The fourth-order valence-corrected chi connectivity index (χ4v) is 1.47. The minimum Gasteiger partial charge on any atom is -0.158 e. The first-order valence-corrected chi connectivity index (χ1v) is 4.72. The van der Waals surface area contributed by atoms with E-state index in [4.69, 9.17) is 0 Å². The van der Waals surface area contributed by atoms with Gasteiger partial charge >= 0.3 is 0 Å². The molecule has 0 aliphatic carbocycles. The van der Waals surface area contributed by atoms with Crippen molar-refractivity contribution in [3.8, 4) is 11.3 Å². The maximum absolute atomic E-state index is 3.95. The van der Waals surface area contributed by atoms with Crippen molar-refractivity contribution in [2.24, 2.45) is 7.05 Å². The zero-order chi connectivity index (χ0) is 9.26. The molecule has 0 aliphatic rings. The van der Waals surface area contributed by atoms with Gasteiger partial charge in [0.15, 0.2) is 5.69 Å². The van der Waals surface area contributed by atoms with Crippen LogP contribution in [0.2, 0.25) is 0 Å². The molecule has 0 fully saturated rings. The van der Waals surface area contributed by atoms with Gasteiger partial charge in [-0.25, -0.2) is 0 Å². The number of hydrogen-bond acceptors (Lipinski definition) is 1. The van der Waals surface area contributed by atoms with E-state index in [2.05, 4.69) is 38.4 Å². The summed E-state index contributed by atoms with van der Waals surface area (Å²) in [5, 5.41) is 6.78. The number of halogens is 1. The SMILES string of the molecule is C[n+]1[nH]ncc1-c1ccc(Br)cc1. The lowest BCUT2D eigenvalue weighted by Gasteiger charge is -1.95. The van der Waals surface area contributed by atoms with Gasteiger partial charge in [0.25, 0.3) is 0 Å². The minimum atomic E-state index is 1.08. The second-order valence-electron chi connectivity index (χ2n) is 2.81. The Bertz CT molecular complexity index is 405. The second-order valence-corrected chi connectivity index (χ2v) is 3.73. The van der Waals surface area contributed by atoms with Gasteiger partial charge in [0.2, 0.25) is 6.20 Å². The summed E-state index contributed by atoms with van der Waals surface area (Å²) >= 11 is 3.40. The molecule has 1 aromatic heterocycles. The van der Waals surface area contributed by atoms with E-state index in [1.54, 1.807) is 0 Å². The first-order chi connectivity index (χ1) is 6.27. The molecule has 0 aliphatic heterocycles. The molecule has 0 atom stereocenters. The summed E-state index contributed by atoms with van der Waals surface area (Å²) in [6.45, 7) is 0. The molecule has 0 saturated heterocycles. The summed E-state index contributed by atoms with van der Waals surface area (Å²) in [6, 6.07) is 8.13. The van der Waals surface area contributed by atoms with Crippen LogP contribution in [0.1, 0.15) is 0 Å². The molecule has 13 heavy (non-hydrogen) atoms. The van der Waals surface area contributed by atoms with E-state index in [0.29, 0.717) is 0 Å². The van der Waals surface area contributed by atoms with E-state index in [-0.39, 0.29) is 0 Å². The molecule has 0 bridgehead atoms. The zero-order valence-electron chi connectivity index (χ0n) is 7.16. The number of rotatable bonds is 1. The lowest BCUT2D eigenvalue weighted by Crippen LogP contribution is -2.32. The van der Waals surface area contributed by atoms with E-state index in [1.807, 2.05) is 30.1 Å². The third kappa shape index (κ3) is 1.62. The van der Waals surface area contributed by atoms with E-state index in [9.17, 15) is 0 Å². The monoisotopic (exact) mass is 238 g/mol. The lowest BCUT2D eigenvalue weighted by atomic mass is 10.2. The maximum atomic E-state index is 3.95. The van der Waals surface area contributed by atoms with Crippen LogP contribution in [0.4, 0.5) is 0 Å². The summed E-state index contributed by atoms with van der Waals surface area (Å²) in [5.74, 6) is 0. The summed E-state index contributed by atoms with van der Waals surface area (Å²) in [7, 11) is 1.93. The first-order valence-electron chi connectivity index (χ1n) is 3.93. The van der Waals surface area contributed by atoms with Crippen molar-refractivity contribution >= 4 is 15.9 Å². The Kier molecular flexibility index (Phi) is 2.14. The molecule has 2 rings (SSSR count). The second kappa shape index (κ2) is 3.30. The number of hydrogen-bond donors (Lipinski definition) is 1. The van der Waals surface area contributed by atoms with Crippen molar-refractivity contribution in [2.75, 3.05) is 0 Å². The standard InChI is InChI=1S/C9H8BrN3/c1-13-9(6-11-12-13)7-2-4-8(10)5-3-7/h2-6H,1H3/p+1. The highest BCUT2D eigenvalue weighted by molar-refractivity contribution is 9.10. The van der Waals surface area contributed by atoms with Crippen molar-refractivity contribution in [3.05, 3.63) is 34.9 Å². The van der Waals surface area contributed by atoms with Gasteiger partial charge in [-0.3, -0.25) is 0 Å². The van der Waals surface area contributed by atoms with Gasteiger partial charge in [-0.05, 0) is 24.3 Å². The smallest absolute Gasteiger partial charge is 0.158 e. The van der Waals surface area contributed by atoms with Gasteiger partial charge < -0.3 is 0 Å². The van der Waals surface area contributed by atoms with Gasteiger partial charge in [-0.1, -0.05) is 21.1 Å². The van der Waals surface area contributed by atoms with Crippen LogP contribution in [0.15, 0.2) is 34.9 Å². The predicted octanol–water partition coefficient (Wildman–Crippen LogP) is 1.66. The quantitative estimate of drug-likeness (QED) is 0.754. The average Bonchev–Trinajstić information content (AvgIpc) is 2.53. The summed E-state index contributed by atoms with van der Waals surface area (Å²) in [6.07, 6.45) is 1.81. The third-order valence-electron chi connectivity index (χ3n) is 1.90. The van der Waals surface area contributed by atoms with Crippen molar-refractivity contribution in [1.29, 1.82) is 0 Å². The van der Waals surface area contributed by atoms with Crippen LogP contribution < -0.4 is 4.68 Å². The predicted molar refractivity (Wildman–Crippen MR) is 52.9 cm³/mol. The van der Waals surface area contributed by atoms with Crippen LogP contribution in [-0.4, -0.2) is 10.3 Å². The van der Waals surface area contributed by atoms with Gasteiger partial charge in [0.1, 0.15) is 7.05 Å². The number of nitrogens with zero attached hydrogens (tertiary/aromatic N) is 2. The van der Waals surface area contributed by atoms with E-state index >= 15 is 0 Å². The topological polar surface area (TPSA) is 32.6 Å². The Morgan fingerprint density at radius 1 is 1.31 bits per heavy atom. The number of nitrogens with one attached hydrogen (secondary N) is 1. The molecular formula is C9H9BrN3+. The number of aryl methyl sites for hydroxylation is 1. The molecule has 2 aromatic rings. The van der Waals surface area contributed by atoms with Gasteiger partial charge in [0.05, 0.1) is 0 Å². The molecule has 0 radical (unpaired) electrons. The van der Waals surface area contributed by atoms with Crippen LogP contribution >= 0.6 is 15.9 Å². The molecule has 0 spiro atoms. The largest absolute Gasteiger partial charge is 0.214 e. The highest BCUT2D eigenvalue weighted by Crippen LogP contribution is 2.17. The highest BCUT2D eigenvalue weighted by Gasteiger charge is 2.08. The number of H-pyrrole nitrogens is 1. The molecular weight excluding hydrogens is 230 g/mol. The van der Waals surface area contributed by atoms with Crippen LogP contribution in [0.25, 0.3) is 11.3 Å². The number of benzene rings is 1. The lowest BCUT2D eigenvalue weighted by molar-refractivity contribution is -0.720. The van der Waals surface area contributed by atoms with Gasteiger partial charge in [-0.15, -0.1) is 0 Å². The van der Waals surface area contributed by atoms with Gasteiger partial charge in [-0.2, -0.15) is 4.68 Å². The molecule has 66 valence electrons. The molecule has 0 unspecified atom stereocenters. The van der Waals surface area contributed by atoms with Crippen molar-refractivity contribution in [1.82, 2.24) is 10.3 Å². The third-order valence-corrected chi connectivity index (χ3v) is 2.42. The molecule has 0 amide bonds. The Hall–Kier alpha value is -1.16. The molecule has 4 heteroatoms. The fourth-order valence-electron chi connectivity index (χ4n) is 1.21. The average molecular weight is 239 g/mol. The fraction of sp³-hybridized carbons (Fsp3) is 0.111. The van der Waals surface area contributed by atoms with E-state index in [1.165, 1.54) is 0 Å². The highest BCUT2D eigenvalue weighted by atomic mass is 79.9. The molecule has 1 heterocycles. The molecule has 0 saturated carbocycles. The zero-order valence-corrected chi connectivity index (χ0v) is 8.75. The Morgan fingerprint density at radius 3 is 2.54 bits per heavy atom. The molecule has 3 nitrogen and oxygen atoms in total. The summed E-state index contributed by atoms with van der Waals surface area (Å²) in [4.78, 5) is 0. The minimum absolute atomic E-state index is 1.08. The van der Waals surface area contributed by atoms with Crippen LogP contribution in [-0.2, 0) is 7.05 Å². The Morgan fingerprint density at radius 2 is 2.00 bits per heavy atom. The van der Waals surface area contributed by atoms with Gasteiger partial charge in [0, 0.05) is 15.1 Å². The maximum Gasteiger partial charge on any atom is 0.214 e. The first kappa shape index (κ1) is 8.44. The van der Waals surface area contributed by atoms with Crippen LogP contribution in [0.5, 0.6) is 0 Å². The van der Waals surface area contributed by atoms with E-state index in [0.717, 1.165) is 15.7 Å². The van der Waals surface area contributed by atoms with Crippen molar-refractivity contribution < 1.29 is 4.68 Å². The van der Waals surface area contributed by atoms with Crippen molar-refractivity contribution in [2.45, 2.75) is 0 Å².